The van der Waals surface area contributed by atoms with Gasteiger partial charge in [-0.1, -0.05) is 68.5 Å². The summed E-state index contributed by atoms with van der Waals surface area (Å²) in [6.45, 7) is 13.1. The van der Waals surface area contributed by atoms with Crippen molar-refractivity contribution in [3.8, 4) is 0 Å². The van der Waals surface area contributed by atoms with Gasteiger partial charge in [0.2, 0.25) is 17.7 Å². The highest BCUT2D eigenvalue weighted by molar-refractivity contribution is 7.93. The number of rotatable bonds is 17. The normalized spacial score (nSPS) is 14.2. The van der Waals surface area contributed by atoms with Crippen molar-refractivity contribution in [1.82, 2.24) is 26.3 Å². The topological polar surface area (TPSA) is 228 Å². The molecule has 17 heteroatoms. The molecule has 0 bridgehead atoms. The van der Waals surface area contributed by atoms with E-state index in [0.717, 1.165) is 17.7 Å². The van der Waals surface area contributed by atoms with E-state index in [-0.39, 0.29) is 6.61 Å². The summed E-state index contributed by atoms with van der Waals surface area (Å²) in [4.78, 5) is 84.0. The SMILES string of the molecule is CC(C)[C@H](NC(=O)C(NC(=O)[C@H](CC(=O)OC(C)(C)C)NC(=O)OCc1ccccc1)c1c[nH]c2ccccc12)C(=O)N[C@H](/C=C/S(C)(=O)=O)CC(=O)OC(C)(C)C. The fraction of sp³-hybridized carbons (Fsp3) is 0.463. The second kappa shape index (κ2) is 20.1. The molecule has 1 aromatic heterocycles. The zero-order valence-corrected chi connectivity index (χ0v) is 35.2. The lowest BCUT2D eigenvalue weighted by Gasteiger charge is -2.28. The Hall–Kier alpha value is -5.71. The molecule has 0 saturated heterocycles. The number of carbonyl (C=O) groups excluding carboxylic acids is 6. The van der Waals surface area contributed by atoms with Crippen LogP contribution < -0.4 is 21.3 Å². The van der Waals surface area contributed by atoms with Crippen molar-refractivity contribution in [2.75, 3.05) is 6.26 Å². The number of sulfone groups is 1. The van der Waals surface area contributed by atoms with Crippen LogP contribution in [0.3, 0.4) is 0 Å². The summed E-state index contributed by atoms with van der Waals surface area (Å²) in [5, 5.41) is 11.8. The summed E-state index contributed by atoms with van der Waals surface area (Å²) >= 11 is 0. The summed E-state index contributed by atoms with van der Waals surface area (Å²) in [6, 6.07) is 10.3. The van der Waals surface area contributed by atoms with Crippen LogP contribution in [0.15, 0.2) is 72.3 Å². The quantitative estimate of drug-likeness (QED) is 0.0954. The van der Waals surface area contributed by atoms with Crippen molar-refractivity contribution in [1.29, 1.82) is 0 Å². The van der Waals surface area contributed by atoms with Crippen LogP contribution >= 0.6 is 0 Å². The van der Waals surface area contributed by atoms with Crippen molar-refractivity contribution >= 4 is 56.5 Å². The minimum Gasteiger partial charge on any atom is -0.460 e. The molecule has 0 fully saturated rings. The number of alkyl carbamates (subject to hydrolysis) is 1. The molecule has 0 aliphatic heterocycles. The largest absolute Gasteiger partial charge is 0.460 e. The van der Waals surface area contributed by atoms with Gasteiger partial charge >= 0.3 is 18.0 Å². The maximum atomic E-state index is 14.3. The van der Waals surface area contributed by atoms with Crippen molar-refractivity contribution in [3.05, 3.63) is 83.4 Å². The molecule has 0 spiro atoms. The van der Waals surface area contributed by atoms with Crippen LogP contribution in [-0.2, 0) is 54.6 Å². The van der Waals surface area contributed by atoms with Gasteiger partial charge in [0, 0.05) is 34.3 Å². The third kappa shape index (κ3) is 16.0. The highest BCUT2D eigenvalue weighted by Crippen LogP contribution is 2.25. The first-order chi connectivity index (χ1) is 26.9. The maximum Gasteiger partial charge on any atom is 0.408 e. The highest BCUT2D eigenvalue weighted by atomic mass is 32.2. The molecule has 1 unspecified atom stereocenters. The molecule has 4 atom stereocenters. The number of hydrogen-bond acceptors (Lipinski definition) is 11. The van der Waals surface area contributed by atoms with Crippen LogP contribution in [-0.4, -0.2) is 84.7 Å². The molecular weight excluding hydrogens is 771 g/mol. The lowest BCUT2D eigenvalue weighted by molar-refractivity contribution is -0.157. The maximum absolute atomic E-state index is 14.3. The van der Waals surface area contributed by atoms with E-state index in [0.29, 0.717) is 22.0 Å². The van der Waals surface area contributed by atoms with E-state index in [1.165, 1.54) is 6.20 Å². The molecule has 0 aliphatic carbocycles. The van der Waals surface area contributed by atoms with Gasteiger partial charge in [0.1, 0.15) is 35.9 Å². The van der Waals surface area contributed by atoms with Gasteiger partial charge < -0.3 is 40.5 Å². The number of para-hydroxylation sites is 1. The molecular formula is C41H55N5O11S. The molecule has 4 amide bonds. The van der Waals surface area contributed by atoms with Gasteiger partial charge in [-0.05, 0) is 59.1 Å². The van der Waals surface area contributed by atoms with E-state index in [2.05, 4.69) is 26.3 Å². The fourth-order valence-corrected chi connectivity index (χ4v) is 6.01. The number of nitrogens with one attached hydrogen (secondary N) is 5. The fourth-order valence-electron chi connectivity index (χ4n) is 5.54. The first-order valence-corrected chi connectivity index (χ1v) is 20.6. The molecule has 58 heavy (non-hydrogen) atoms. The summed E-state index contributed by atoms with van der Waals surface area (Å²) in [5.41, 5.74) is -0.179. The van der Waals surface area contributed by atoms with Gasteiger partial charge in [0.05, 0.1) is 18.9 Å². The Balaban J connectivity index is 1.95. The van der Waals surface area contributed by atoms with E-state index in [1.54, 1.807) is 110 Å². The molecule has 0 saturated carbocycles. The number of carbonyl (C=O) groups is 6. The van der Waals surface area contributed by atoms with Gasteiger partial charge in [-0.3, -0.25) is 24.0 Å². The van der Waals surface area contributed by atoms with E-state index < -0.39 is 99.7 Å². The molecule has 16 nitrogen and oxygen atoms in total. The monoisotopic (exact) mass is 825 g/mol. The summed E-state index contributed by atoms with van der Waals surface area (Å²) in [5.74, 6) is -4.63. The lowest BCUT2D eigenvalue weighted by Crippen LogP contribution is -2.56. The van der Waals surface area contributed by atoms with Crippen LogP contribution in [0.25, 0.3) is 10.9 Å². The van der Waals surface area contributed by atoms with E-state index >= 15 is 0 Å². The molecule has 2 aromatic carbocycles. The van der Waals surface area contributed by atoms with Crippen LogP contribution in [0, 0.1) is 5.92 Å². The number of ether oxygens (including phenoxy) is 3. The number of aromatic amines is 1. The number of H-pyrrole nitrogens is 1. The van der Waals surface area contributed by atoms with E-state index in [1.807, 2.05) is 0 Å². The number of fused-ring (bicyclic) bond motifs is 1. The van der Waals surface area contributed by atoms with Gasteiger partial charge in [-0.15, -0.1) is 0 Å². The third-order valence-corrected chi connectivity index (χ3v) is 8.68. The van der Waals surface area contributed by atoms with Crippen LogP contribution in [0.1, 0.15) is 85.4 Å². The zero-order valence-electron chi connectivity index (χ0n) is 34.3. The van der Waals surface area contributed by atoms with Gasteiger partial charge in [0.15, 0.2) is 9.84 Å². The van der Waals surface area contributed by atoms with Crippen LogP contribution in [0.5, 0.6) is 0 Å². The van der Waals surface area contributed by atoms with Gasteiger partial charge in [-0.2, -0.15) is 0 Å². The van der Waals surface area contributed by atoms with E-state index in [9.17, 15) is 37.2 Å². The second-order valence-corrected chi connectivity index (χ2v) is 18.0. The number of esters is 2. The minimum atomic E-state index is -3.66. The van der Waals surface area contributed by atoms with Crippen molar-refractivity contribution in [2.45, 2.75) is 110 Å². The van der Waals surface area contributed by atoms with Crippen molar-refractivity contribution in [2.24, 2.45) is 5.92 Å². The predicted molar refractivity (Wildman–Crippen MR) is 216 cm³/mol. The summed E-state index contributed by atoms with van der Waals surface area (Å²) in [7, 11) is -3.66. The Morgan fingerprint density at radius 2 is 1.33 bits per heavy atom. The number of benzene rings is 2. The molecule has 1 heterocycles. The number of aromatic nitrogens is 1. The van der Waals surface area contributed by atoms with Crippen molar-refractivity contribution < 1.29 is 51.4 Å². The van der Waals surface area contributed by atoms with Crippen molar-refractivity contribution in [3.63, 3.8) is 0 Å². The highest BCUT2D eigenvalue weighted by Gasteiger charge is 2.35. The predicted octanol–water partition coefficient (Wildman–Crippen LogP) is 4.27. The smallest absolute Gasteiger partial charge is 0.408 e. The lowest BCUT2D eigenvalue weighted by atomic mass is 9.99. The zero-order chi connectivity index (χ0) is 43.4. The first-order valence-electron chi connectivity index (χ1n) is 18.7. The molecule has 3 rings (SSSR count). The second-order valence-electron chi connectivity index (χ2n) is 16.1. The summed E-state index contributed by atoms with van der Waals surface area (Å²) < 4.78 is 40.0. The molecule has 5 N–H and O–H groups in total. The third-order valence-electron chi connectivity index (χ3n) is 8.03. The Morgan fingerprint density at radius 3 is 1.91 bits per heavy atom. The molecule has 3 aromatic rings. The Bertz CT molecular complexity index is 2070. The number of hydrogen-bond donors (Lipinski definition) is 5. The average molecular weight is 826 g/mol. The summed E-state index contributed by atoms with van der Waals surface area (Å²) in [6.07, 6.45) is 1.56. The Morgan fingerprint density at radius 1 is 0.741 bits per heavy atom. The van der Waals surface area contributed by atoms with Gasteiger partial charge in [0.25, 0.3) is 0 Å². The average Bonchev–Trinajstić information content (AvgIpc) is 3.52. The van der Waals surface area contributed by atoms with Crippen LogP contribution in [0.4, 0.5) is 4.79 Å². The first kappa shape index (κ1) is 46.7. The standard InChI is InChI=1S/C41H55N5O11S/c1-25(2)34(37(50)43-27(19-20-58(9,53)54)21-32(47)56-40(3,4)5)45-38(51)35(29-23-42-30-18-14-13-17-28(29)30)46-36(49)31(22-33(48)57-41(6,7)8)44-39(52)55-24-26-15-11-10-12-16-26/h10-20,23,25,27,31,34-35,42H,21-22,24H2,1-9H3,(H,43,50)(H,44,52)(H,45,51)(H,46,49)/b20-19+/t27-,31+,34+,35?/m1/s1. The molecule has 0 radical (unpaired) electrons. The number of amides is 4. The Labute approximate surface area is 339 Å². The van der Waals surface area contributed by atoms with Gasteiger partial charge in [-0.25, -0.2) is 13.2 Å². The van der Waals surface area contributed by atoms with Crippen LogP contribution in [0.2, 0.25) is 0 Å². The van der Waals surface area contributed by atoms with E-state index in [4.69, 9.17) is 14.2 Å². The minimum absolute atomic E-state index is 0.130. The molecule has 0 aliphatic rings. The molecule has 316 valence electrons. The Kier molecular flexibility index (Phi) is 16.2.